The van der Waals surface area contributed by atoms with Crippen molar-refractivity contribution >= 4 is 16.0 Å². The second-order valence-corrected chi connectivity index (χ2v) is 6.76. The van der Waals surface area contributed by atoms with E-state index in [2.05, 4.69) is 20.3 Å². The Morgan fingerprint density at radius 2 is 1.91 bits per heavy atom. The molecule has 0 fully saturated rings. The van der Waals surface area contributed by atoms with Crippen LogP contribution in [0.3, 0.4) is 0 Å². The molecule has 7 nitrogen and oxygen atoms in total. The first-order chi connectivity index (χ1) is 10.8. The van der Waals surface area contributed by atoms with E-state index in [1.165, 1.54) is 12.1 Å². The molecule has 1 atom stereocenters. The van der Waals surface area contributed by atoms with Crippen LogP contribution in [0.4, 0.5) is 4.39 Å². The Bertz CT molecular complexity index is 605. The number of aliphatic imine (C=N–C) groups is 1. The molecule has 23 heavy (non-hydrogen) atoms. The van der Waals surface area contributed by atoms with E-state index in [-0.39, 0.29) is 18.5 Å². The molecule has 0 spiro atoms. The second-order valence-electron chi connectivity index (χ2n) is 4.93. The zero-order valence-electron chi connectivity index (χ0n) is 13.5. The molecule has 0 aliphatic carbocycles. The van der Waals surface area contributed by atoms with E-state index in [4.69, 9.17) is 4.74 Å². The number of nitrogens with zero attached hydrogens (tertiary/aromatic N) is 1. The number of rotatable bonds is 8. The van der Waals surface area contributed by atoms with Gasteiger partial charge in [0, 0.05) is 20.1 Å². The van der Waals surface area contributed by atoms with Crippen LogP contribution in [0.15, 0.2) is 29.3 Å². The van der Waals surface area contributed by atoms with Gasteiger partial charge in [0.1, 0.15) is 17.7 Å². The summed E-state index contributed by atoms with van der Waals surface area (Å²) in [5.74, 6) is 0.811. The van der Waals surface area contributed by atoms with Gasteiger partial charge in [-0.25, -0.2) is 17.5 Å². The predicted octanol–water partition coefficient (Wildman–Crippen LogP) is 0.307. The van der Waals surface area contributed by atoms with Gasteiger partial charge in [0.2, 0.25) is 10.0 Å². The van der Waals surface area contributed by atoms with Crippen molar-refractivity contribution in [3.63, 3.8) is 0 Å². The van der Waals surface area contributed by atoms with Gasteiger partial charge in [-0.05, 0) is 31.2 Å². The molecule has 3 N–H and O–H groups in total. The second kappa shape index (κ2) is 9.31. The molecule has 0 amide bonds. The van der Waals surface area contributed by atoms with E-state index in [0.717, 1.165) is 6.26 Å². The molecule has 0 radical (unpaired) electrons. The van der Waals surface area contributed by atoms with Crippen molar-refractivity contribution in [2.75, 3.05) is 32.9 Å². The predicted molar refractivity (Wildman–Crippen MR) is 88.7 cm³/mol. The third kappa shape index (κ3) is 8.99. The maximum Gasteiger partial charge on any atom is 0.208 e. The van der Waals surface area contributed by atoms with Crippen molar-refractivity contribution in [2.24, 2.45) is 4.99 Å². The van der Waals surface area contributed by atoms with Gasteiger partial charge in [-0.1, -0.05) is 0 Å². The number of halogens is 1. The molecular formula is C14H23FN4O3S. The Labute approximate surface area is 136 Å². The summed E-state index contributed by atoms with van der Waals surface area (Å²) in [6.07, 6.45) is 0.947. The summed E-state index contributed by atoms with van der Waals surface area (Å²) in [5.41, 5.74) is 0. The van der Waals surface area contributed by atoms with E-state index in [1.54, 1.807) is 19.2 Å². The van der Waals surface area contributed by atoms with E-state index < -0.39 is 10.0 Å². The van der Waals surface area contributed by atoms with Crippen LogP contribution in [0.25, 0.3) is 0 Å². The van der Waals surface area contributed by atoms with Crippen LogP contribution < -0.4 is 20.1 Å². The van der Waals surface area contributed by atoms with Crippen LogP contribution in [0.5, 0.6) is 5.75 Å². The lowest BCUT2D eigenvalue weighted by Crippen LogP contribution is -2.44. The number of guanidine groups is 1. The van der Waals surface area contributed by atoms with Crippen molar-refractivity contribution in [2.45, 2.75) is 13.0 Å². The standard InChI is InChI=1S/C14H23FN4O3S/c1-11(22-13-6-4-12(15)5-7-13)10-18-14(16-2)17-8-9-19-23(3,20)21/h4-7,11,19H,8-10H2,1-3H3,(H2,16,17,18). The average Bonchev–Trinajstić information content (AvgIpc) is 2.48. The van der Waals surface area contributed by atoms with Crippen LogP contribution in [0.2, 0.25) is 0 Å². The quantitative estimate of drug-likeness (QED) is 0.358. The van der Waals surface area contributed by atoms with Gasteiger partial charge < -0.3 is 15.4 Å². The fraction of sp³-hybridized carbons (Fsp3) is 0.500. The number of benzene rings is 1. The summed E-state index contributed by atoms with van der Waals surface area (Å²) in [5, 5.41) is 6.04. The minimum Gasteiger partial charge on any atom is -0.489 e. The maximum absolute atomic E-state index is 12.8. The van der Waals surface area contributed by atoms with E-state index in [9.17, 15) is 12.8 Å². The van der Waals surface area contributed by atoms with Crippen molar-refractivity contribution in [1.82, 2.24) is 15.4 Å². The van der Waals surface area contributed by atoms with Gasteiger partial charge in [0.15, 0.2) is 5.96 Å². The molecule has 1 unspecified atom stereocenters. The zero-order valence-corrected chi connectivity index (χ0v) is 14.3. The number of sulfonamides is 1. The monoisotopic (exact) mass is 346 g/mol. The first-order valence-electron chi connectivity index (χ1n) is 7.11. The minimum absolute atomic E-state index is 0.159. The fourth-order valence-corrected chi connectivity index (χ4v) is 2.14. The average molecular weight is 346 g/mol. The molecular weight excluding hydrogens is 323 g/mol. The zero-order chi connectivity index (χ0) is 17.3. The summed E-state index contributed by atoms with van der Waals surface area (Å²) < 4.78 is 42.7. The molecule has 130 valence electrons. The summed E-state index contributed by atoms with van der Waals surface area (Å²) >= 11 is 0. The lowest BCUT2D eigenvalue weighted by Gasteiger charge is -2.17. The Morgan fingerprint density at radius 1 is 1.26 bits per heavy atom. The van der Waals surface area contributed by atoms with Crippen LogP contribution in [0, 0.1) is 5.82 Å². The van der Waals surface area contributed by atoms with Crippen molar-refractivity contribution < 1.29 is 17.5 Å². The van der Waals surface area contributed by atoms with Crippen molar-refractivity contribution in [1.29, 1.82) is 0 Å². The summed E-state index contributed by atoms with van der Waals surface area (Å²) in [7, 11) is -1.57. The highest BCUT2D eigenvalue weighted by Gasteiger charge is 2.06. The van der Waals surface area contributed by atoms with Crippen LogP contribution in [0.1, 0.15) is 6.92 Å². The van der Waals surface area contributed by atoms with Crippen LogP contribution in [-0.2, 0) is 10.0 Å². The first kappa shape index (κ1) is 19.2. The van der Waals surface area contributed by atoms with Crippen molar-refractivity contribution in [3.05, 3.63) is 30.1 Å². The number of nitrogens with one attached hydrogen (secondary N) is 3. The highest BCUT2D eigenvalue weighted by atomic mass is 32.2. The van der Waals surface area contributed by atoms with Crippen LogP contribution in [-0.4, -0.2) is 53.4 Å². The third-order valence-electron chi connectivity index (χ3n) is 2.71. The molecule has 0 saturated heterocycles. The highest BCUT2D eigenvalue weighted by Crippen LogP contribution is 2.12. The molecule has 1 rings (SSSR count). The lowest BCUT2D eigenvalue weighted by molar-refractivity contribution is 0.223. The smallest absolute Gasteiger partial charge is 0.208 e. The first-order valence-corrected chi connectivity index (χ1v) is 9.00. The Hall–Kier alpha value is -1.87. The highest BCUT2D eigenvalue weighted by molar-refractivity contribution is 7.88. The summed E-state index contributed by atoms with van der Waals surface area (Å²) in [6, 6.07) is 5.81. The van der Waals surface area contributed by atoms with Crippen LogP contribution >= 0.6 is 0 Å². The molecule has 9 heteroatoms. The van der Waals surface area contributed by atoms with E-state index >= 15 is 0 Å². The topological polar surface area (TPSA) is 91.8 Å². The SMILES string of the molecule is CN=C(NCCNS(C)(=O)=O)NCC(C)Oc1ccc(F)cc1. The van der Waals surface area contributed by atoms with E-state index in [1.807, 2.05) is 6.92 Å². The van der Waals surface area contributed by atoms with E-state index in [0.29, 0.717) is 24.8 Å². The Kier molecular flexibility index (Phi) is 7.76. The molecule has 0 aliphatic heterocycles. The van der Waals surface area contributed by atoms with Gasteiger partial charge in [-0.3, -0.25) is 4.99 Å². The lowest BCUT2D eigenvalue weighted by atomic mass is 10.3. The number of hydrogen-bond acceptors (Lipinski definition) is 4. The van der Waals surface area contributed by atoms with Crippen molar-refractivity contribution in [3.8, 4) is 5.75 Å². The summed E-state index contributed by atoms with van der Waals surface area (Å²) in [4.78, 5) is 4.02. The molecule has 0 heterocycles. The normalized spacial score (nSPS) is 13.5. The largest absolute Gasteiger partial charge is 0.489 e. The van der Waals surface area contributed by atoms with Gasteiger partial charge in [0.05, 0.1) is 12.8 Å². The number of hydrogen-bond donors (Lipinski definition) is 3. The molecule has 0 bridgehead atoms. The van der Waals surface area contributed by atoms with Gasteiger partial charge in [-0.2, -0.15) is 0 Å². The molecule has 0 saturated carbocycles. The Morgan fingerprint density at radius 3 is 2.48 bits per heavy atom. The van der Waals surface area contributed by atoms with Gasteiger partial charge in [0.25, 0.3) is 0 Å². The maximum atomic E-state index is 12.8. The van der Waals surface area contributed by atoms with Gasteiger partial charge in [-0.15, -0.1) is 0 Å². The third-order valence-corrected chi connectivity index (χ3v) is 3.44. The summed E-state index contributed by atoms with van der Waals surface area (Å²) in [6.45, 7) is 3.02. The Balaban J connectivity index is 2.29. The van der Waals surface area contributed by atoms with Gasteiger partial charge >= 0.3 is 0 Å². The molecule has 0 aromatic heterocycles. The minimum atomic E-state index is -3.19. The number of ether oxygens (including phenoxy) is 1. The molecule has 1 aromatic carbocycles. The molecule has 0 aliphatic rings. The molecule has 1 aromatic rings. The fourth-order valence-electron chi connectivity index (χ4n) is 1.67.